The van der Waals surface area contributed by atoms with Gasteiger partial charge >= 0.3 is 0 Å². The number of nitrogens with zero attached hydrogens (tertiary/aromatic N) is 1. The average Bonchev–Trinajstić information content (AvgIpc) is 2.72. The predicted molar refractivity (Wildman–Crippen MR) is 125 cm³/mol. The molecule has 2 aliphatic rings. The quantitative estimate of drug-likeness (QED) is 0.671. The van der Waals surface area contributed by atoms with Crippen LogP contribution in [0.5, 0.6) is 0 Å². The van der Waals surface area contributed by atoms with E-state index < -0.39 is 5.92 Å². The van der Waals surface area contributed by atoms with Gasteiger partial charge < -0.3 is 10.6 Å². The van der Waals surface area contributed by atoms with Crippen LogP contribution in [-0.4, -0.2) is 22.9 Å². The third-order valence-corrected chi connectivity index (χ3v) is 6.67. The van der Waals surface area contributed by atoms with Crippen molar-refractivity contribution < 1.29 is 9.59 Å². The Morgan fingerprint density at radius 2 is 1.94 bits per heavy atom. The summed E-state index contributed by atoms with van der Waals surface area (Å²) in [4.78, 5) is 32.1. The first-order chi connectivity index (χ1) is 14.8. The van der Waals surface area contributed by atoms with Crippen LogP contribution < -0.4 is 10.6 Å². The Balaban J connectivity index is 1.79. The molecule has 1 aliphatic carbocycles. The molecule has 5 nitrogen and oxygen atoms in total. The fourth-order valence-corrected chi connectivity index (χ4v) is 4.98. The molecule has 31 heavy (non-hydrogen) atoms. The lowest BCUT2D eigenvalue weighted by Gasteiger charge is -2.42. The molecular formula is C25H27N3O2S. The molecule has 2 unspecified atom stereocenters. The highest BCUT2D eigenvalue weighted by Crippen LogP contribution is 2.48. The number of hydrogen-bond acceptors (Lipinski definition) is 5. The van der Waals surface area contributed by atoms with Gasteiger partial charge in [0.15, 0.2) is 5.78 Å². The molecule has 0 radical (unpaired) electrons. The number of ketones is 1. The molecule has 2 atom stereocenters. The summed E-state index contributed by atoms with van der Waals surface area (Å²) in [6, 6.07) is 13.5. The minimum Gasteiger partial charge on any atom is -0.362 e. The fraction of sp³-hybridized carbons (Fsp3) is 0.320. The summed E-state index contributed by atoms with van der Waals surface area (Å²) in [7, 11) is 0. The number of thioether (sulfide) groups is 1. The van der Waals surface area contributed by atoms with Gasteiger partial charge in [0, 0.05) is 40.4 Å². The van der Waals surface area contributed by atoms with Gasteiger partial charge in [-0.1, -0.05) is 38.6 Å². The lowest BCUT2D eigenvalue weighted by Crippen LogP contribution is -2.44. The average molecular weight is 434 g/mol. The molecule has 1 amide bonds. The van der Waals surface area contributed by atoms with Crippen molar-refractivity contribution in [1.29, 1.82) is 0 Å². The van der Waals surface area contributed by atoms with E-state index in [1.54, 1.807) is 30.1 Å². The lowest BCUT2D eigenvalue weighted by atomic mass is 9.66. The van der Waals surface area contributed by atoms with Crippen molar-refractivity contribution in [2.24, 2.45) is 11.3 Å². The SMILES string of the molecule is C=C1NC2=C(C(=O)CC(C)(C)C2)C(c2ccc(SC)cc2)C1C(=O)Nc1ccccn1. The van der Waals surface area contributed by atoms with E-state index in [9.17, 15) is 9.59 Å². The maximum absolute atomic E-state index is 13.4. The van der Waals surface area contributed by atoms with E-state index in [0.29, 0.717) is 23.5 Å². The van der Waals surface area contributed by atoms with Crippen LogP contribution in [-0.2, 0) is 9.59 Å². The minimum absolute atomic E-state index is 0.0980. The van der Waals surface area contributed by atoms with E-state index in [1.165, 1.54) is 0 Å². The number of carbonyl (C=O) groups excluding carboxylic acids is 2. The first-order valence-corrected chi connectivity index (χ1v) is 11.6. The number of benzene rings is 1. The Morgan fingerprint density at radius 1 is 1.19 bits per heavy atom. The van der Waals surface area contributed by atoms with Crippen molar-refractivity contribution in [1.82, 2.24) is 10.3 Å². The van der Waals surface area contributed by atoms with Crippen LogP contribution >= 0.6 is 11.8 Å². The summed E-state index contributed by atoms with van der Waals surface area (Å²) in [5, 5.41) is 6.22. The van der Waals surface area contributed by atoms with Gasteiger partial charge in [-0.15, -0.1) is 11.8 Å². The molecule has 0 spiro atoms. The standard InChI is InChI=1S/C25H27N3O2S/c1-15-21(24(30)28-20-7-5-6-12-26-20)22(16-8-10-17(31-4)11-9-16)23-18(27-15)13-25(2,3)14-19(23)29/h5-12,21-22,27H,1,13-14H2,2-4H3,(H,26,28,30). The van der Waals surface area contributed by atoms with E-state index in [2.05, 4.69) is 36.0 Å². The molecule has 2 heterocycles. The van der Waals surface area contributed by atoms with Crippen molar-refractivity contribution in [3.8, 4) is 0 Å². The molecular weight excluding hydrogens is 406 g/mol. The summed E-state index contributed by atoms with van der Waals surface area (Å²) in [6.07, 6.45) is 4.88. The second-order valence-corrected chi connectivity index (χ2v) is 9.80. The highest BCUT2D eigenvalue weighted by atomic mass is 32.2. The van der Waals surface area contributed by atoms with Crippen LogP contribution in [0.25, 0.3) is 0 Å². The summed E-state index contributed by atoms with van der Waals surface area (Å²) in [5.74, 6) is -0.647. The van der Waals surface area contributed by atoms with Gasteiger partial charge in [0.05, 0.1) is 5.92 Å². The van der Waals surface area contributed by atoms with Crippen molar-refractivity contribution in [3.63, 3.8) is 0 Å². The third-order valence-electron chi connectivity index (χ3n) is 5.92. The molecule has 4 rings (SSSR count). The molecule has 0 saturated carbocycles. The number of anilines is 1. The molecule has 2 N–H and O–H groups in total. The van der Waals surface area contributed by atoms with Crippen LogP contribution in [0.1, 0.15) is 38.2 Å². The topological polar surface area (TPSA) is 71.1 Å². The van der Waals surface area contributed by atoms with Gasteiger partial charge in [-0.3, -0.25) is 9.59 Å². The van der Waals surface area contributed by atoms with Gasteiger partial charge in [0.2, 0.25) is 5.91 Å². The largest absolute Gasteiger partial charge is 0.362 e. The molecule has 1 aromatic carbocycles. The van der Waals surface area contributed by atoms with Crippen LogP contribution in [0.15, 0.2) is 77.1 Å². The second-order valence-electron chi connectivity index (χ2n) is 8.92. The van der Waals surface area contributed by atoms with Crippen LogP contribution in [0.4, 0.5) is 5.82 Å². The highest BCUT2D eigenvalue weighted by molar-refractivity contribution is 7.98. The Hall–Kier alpha value is -2.86. The zero-order valence-corrected chi connectivity index (χ0v) is 18.9. The number of amides is 1. The molecule has 0 bridgehead atoms. The van der Waals surface area contributed by atoms with E-state index in [4.69, 9.17) is 0 Å². The summed E-state index contributed by atoms with van der Waals surface area (Å²) < 4.78 is 0. The van der Waals surface area contributed by atoms with Crippen LogP contribution in [0, 0.1) is 11.3 Å². The summed E-state index contributed by atoms with van der Waals surface area (Å²) >= 11 is 1.66. The Bertz CT molecular complexity index is 1060. The monoisotopic (exact) mass is 433 g/mol. The number of pyridine rings is 1. The van der Waals surface area contributed by atoms with Crippen LogP contribution in [0.3, 0.4) is 0 Å². The Labute approximate surface area is 187 Å². The van der Waals surface area contributed by atoms with Gasteiger partial charge in [0.25, 0.3) is 0 Å². The summed E-state index contributed by atoms with van der Waals surface area (Å²) in [6.45, 7) is 8.39. The van der Waals surface area contributed by atoms with Gasteiger partial charge in [-0.25, -0.2) is 4.98 Å². The Kier molecular flexibility index (Phi) is 5.75. The molecule has 160 valence electrons. The molecule has 6 heteroatoms. The number of allylic oxidation sites excluding steroid dienone is 2. The minimum atomic E-state index is -0.619. The maximum Gasteiger partial charge on any atom is 0.235 e. The van der Waals surface area contributed by atoms with Crippen molar-refractivity contribution in [2.75, 3.05) is 11.6 Å². The molecule has 1 aliphatic heterocycles. The predicted octanol–water partition coefficient (Wildman–Crippen LogP) is 4.90. The van der Waals surface area contributed by atoms with Gasteiger partial charge in [0.1, 0.15) is 5.82 Å². The zero-order valence-electron chi connectivity index (χ0n) is 18.1. The molecule has 2 aromatic rings. The first-order valence-electron chi connectivity index (χ1n) is 10.4. The van der Waals surface area contributed by atoms with Crippen molar-refractivity contribution >= 4 is 29.3 Å². The number of carbonyl (C=O) groups is 2. The number of hydrogen-bond donors (Lipinski definition) is 2. The number of rotatable bonds is 4. The number of aromatic nitrogens is 1. The number of Topliss-reactive ketones (excluding diaryl/α,β-unsaturated/α-hetero) is 1. The van der Waals surface area contributed by atoms with E-state index in [0.717, 1.165) is 22.6 Å². The van der Waals surface area contributed by atoms with E-state index >= 15 is 0 Å². The van der Waals surface area contributed by atoms with Crippen LogP contribution in [0.2, 0.25) is 0 Å². The normalized spacial score (nSPS) is 22.5. The number of nitrogens with one attached hydrogen (secondary N) is 2. The van der Waals surface area contributed by atoms with Gasteiger partial charge in [-0.2, -0.15) is 0 Å². The lowest BCUT2D eigenvalue weighted by molar-refractivity contribution is -0.120. The second kappa shape index (κ2) is 8.35. The molecule has 0 saturated heterocycles. The van der Waals surface area contributed by atoms with E-state index in [-0.39, 0.29) is 23.0 Å². The third kappa shape index (κ3) is 4.30. The Morgan fingerprint density at radius 3 is 2.58 bits per heavy atom. The fourth-order valence-electron chi connectivity index (χ4n) is 4.57. The smallest absolute Gasteiger partial charge is 0.235 e. The molecule has 0 fully saturated rings. The molecule has 1 aromatic heterocycles. The van der Waals surface area contributed by atoms with Crippen molar-refractivity contribution in [3.05, 3.63) is 77.8 Å². The van der Waals surface area contributed by atoms with E-state index in [1.807, 2.05) is 36.6 Å². The van der Waals surface area contributed by atoms with Crippen molar-refractivity contribution in [2.45, 2.75) is 37.5 Å². The summed E-state index contributed by atoms with van der Waals surface area (Å²) in [5.41, 5.74) is 3.04. The highest BCUT2D eigenvalue weighted by Gasteiger charge is 2.46. The maximum atomic E-state index is 13.4. The first kappa shape index (κ1) is 21.4. The zero-order chi connectivity index (χ0) is 22.2. The van der Waals surface area contributed by atoms with Gasteiger partial charge in [-0.05, 0) is 47.9 Å².